The Morgan fingerprint density at radius 2 is 1.95 bits per heavy atom. The standard InChI is InChI=1S/C17H33N3O/c1-17(19-2,16(18)21)11-5-6-12-20-13-7-9-14-8-3-4-10-15(14)20/h14-15,19H,3-13H2,1-2H3,(H2,18,21)/t14-,15-,17?/m1/s1. The molecule has 4 nitrogen and oxygen atoms in total. The number of carbonyl (C=O) groups excluding carboxylic acids is 1. The van der Waals surface area contributed by atoms with E-state index in [-0.39, 0.29) is 5.91 Å². The van der Waals surface area contributed by atoms with E-state index in [0.717, 1.165) is 24.8 Å². The Morgan fingerprint density at radius 3 is 2.67 bits per heavy atom. The Bertz CT molecular complexity index is 345. The Hall–Kier alpha value is -0.610. The van der Waals surface area contributed by atoms with Crippen molar-refractivity contribution in [2.24, 2.45) is 11.7 Å². The van der Waals surface area contributed by atoms with Gasteiger partial charge in [0, 0.05) is 6.04 Å². The molecule has 0 aromatic carbocycles. The summed E-state index contributed by atoms with van der Waals surface area (Å²) in [6.07, 6.45) is 11.6. The van der Waals surface area contributed by atoms with Crippen LogP contribution >= 0.6 is 0 Å². The van der Waals surface area contributed by atoms with Crippen molar-refractivity contribution < 1.29 is 4.79 Å². The van der Waals surface area contributed by atoms with Gasteiger partial charge in [-0.15, -0.1) is 0 Å². The fourth-order valence-electron chi connectivity index (χ4n) is 4.17. The normalized spacial score (nSPS) is 29.6. The number of carbonyl (C=O) groups is 1. The molecule has 1 aliphatic carbocycles. The van der Waals surface area contributed by atoms with Crippen molar-refractivity contribution in [3.05, 3.63) is 0 Å². The molecule has 1 unspecified atom stereocenters. The van der Waals surface area contributed by atoms with Crippen molar-refractivity contribution in [2.75, 3.05) is 20.1 Å². The van der Waals surface area contributed by atoms with Gasteiger partial charge < -0.3 is 16.0 Å². The second kappa shape index (κ2) is 7.59. The molecule has 2 aliphatic rings. The Labute approximate surface area is 129 Å². The zero-order chi connectivity index (χ0) is 15.3. The van der Waals surface area contributed by atoms with Crippen LogP contribution in [0.1, 0.15) is 64.7 Å². The van der Waals surface area contributed by atoms with Gasteiger partial charge in [-0.1, -0.05) is 12.8 Å². The van der Waals surface area contributed by atoms with E-state index in [1.807, 2.05) is 14.0 Å². The first-order chi connectivity index (χ1) is 10.1. The molecular formula is C17H33N3O. The molecule has 3 N–H and O–H groups in total. The summed E-state index contributed by atoms with van der Waals surface area (Å²) in [7, 11) is 1.82. The fourth-order valence-corrected chi connectivity index (χ4v) is 4.17. The van der Waals surface area contributed by atoms with Crippen LogP contribution in [0.2, 0.25) is 0 Å². The first kappa shape index (κ1) is 16.8. The van der Waals surface area contributed by atoms with Crippen molar-refractivity contribution in [1.29, 1.82) is 0 Å². The van der Waals surface area contributed by atoms with Crippen LogP contribution in [-0.2, 0) is 4.79 Å². The van der Waals surface area contributed by atoms with E-state index in [4.69, 9.17) is 5.73 Å². The van der Waals surface area contributed by atoms with E-state index < -0.39 is 5.54 Å². The third-order valence-electron chi connectivity index (χ3n) is 5.83. The molecule has 122 valence electrons. The van der Waals surface area contributed by atoms with Gasteiger partial charge in [-0.2, -0.15) is 0 Å². The number of rotatable bonds is 7. The van der Waals surface area contributed by atoms with Gasteiger partial charge in [-0.05, 0) is 77.9 Å². The van der Waals surface area contributed by atoms with Gasteiger partial charge >= 0.3 is 0 Å². The summed E-state index contributed by atoms with van der Waals surface area (Å²) in [4.78, 5) is 14.2. The molecule has 1 saturated heterocycles. The van der Waals surface area contributed by atoms with E-state index in [1.54, 1.807) is 0 Å². The largest absolute Gasteiger partial charge is 0.368 e. The number of hydrogen-bond donors (Lipinski definition) is 2. The summed E-state index contributed by atoms with van der Waals surface area (Å²) >= 11 is 0. The maximum atomic E-state index is 11.5. The number of nitrogens with one attached hydrogen (secondary N) is 1. The van der Waals surface area contributed by atoms with Crippen molar-refractivity contribution in [3.63, 3.8) is 0 Å². The molecule has 1 aliphatic heterocycles. The third-order valence-corrected chi connectivity index (χ3v) is 5.83. The number of nitrogens with two attached hydrogens (primary N) is 1. The second-order valence-electron chi connectivity index (χ2n) is 7.19. The molecule has 0 aromatic heterocycles. The molecule has 2 fully saturated rings. The topological polar surface area (TPSA) is 58.4 Å². The van der Waals surface area contributed by atoms with E-state index in [9.17, 15) is 4.79 Å². The smallest absolute Gasteiger partial charge is 0.237 e. The lowest BCUT2D eigenvalue weighted by molar-refractivity contribution is -0.123. The fraction of sp³-hybridized carbons (Fsp3) is 0.941. The number of unbranched alkanes of at least 4 members (excludes halogenated alkanes) is 1. The highest BCUT2D eigenvalue weighted by molar-refractivity contribution is 5.84. The molecule has 4 heteroatoms. The van der Waals surface area contributed by atoms with Crippen LogP contribution in [0.15, 0.2) is 0 Å². The summed E-state index contributed by atoms with van der Waals surface area (Å²) in [5.74, 6) is 0.719. The van der Waals surface area contributed by atoms with Crippen LogP contribution in [0, 0.1) is 5.92 Å². The predicted molar refractivity (Wildman–Crippen MR) is 87.1 cm³/mol. The van der Waals surface area contributed by atoms with E-state index in [2.05, 4.69) is 10.2 Å². The minimum Gasteiger partial charge on any atom is -0.368 e. The number of hydrogen-bond acceptors (Lipinski definition) is 3. The number of primary amides is 1. The Morgan fingerprint density at radius 1 is 1.24 bits per heavy atom. The van der Waals surface area contributed by atoms with Gasteiger partial charge in [0.15, 0.2) is 0 Å². The van der Waals surface area contributed by atoms with Gasteiger partial charge in [0.1, 0.15) is 0 Å². The van der Waals surface area contributed by atoms with E-state index in [1.165, 1.54) is 58.0 Å². The average molecular weight is 295 g/mol. The average Bonchev–Trinajstić information content (AvgIpc) is 2.51. The zero-order valence-electron chi connectivity index (χ0n) is 13.9. The van der Waals surface area contributed by atoms with Crippen molar-refractivity contribution in [1.82, 2.24) is 10.2 Å². The Balaban J connectivity index is 1.74. The lowest BCUT2D eigenvalue weighted by Gasteiger charge is -2.44. The maximum Gasteiger partial charge on any atom is 0.237 e. The molecule has 2 rings (SSSR count). The van der Waals surface area contributed by atoms with Gasteiger partial charge in [-0.25, -0.2) is 0 Å². The highest BCUT2D eigenvalue weighted by atomic mass is 16.1. The molecule has 1 heterocycles. The van der Waals surface area contributed by atoms with Gasteiger partial charge in [0.25, 0.3) is 0 Å². The van der Waals surface area contributed by atoms with Crippen LogP contribution in [-0.4, -0.2) is 42.5 Å². The van der Waals surface area contributed by atoms with Gasteiger partial charge in [-0.3, -0.25) is 4.79 Å². The molecule has 0 radical (unpaired) electrons. The summed E-state index contributed by atoms with van der Waals surface area (Å²) < 4.78 is 0. The summed E-state index contributed by atoms with van der Waals surface area (Å²) in [6, 6.07) is 0.847. The number of likely N-dealkylation sites (N-methyl/N-ethyl adjacent to an activating group) is 1. The molecule has 1 amide bonds. The maximum absolute atomic E-state index is 11.5. The summed E-state index contributed by atoms with van der Waals surface area (Å²) in [6.45, 7) is 4.38. The van der Waals surface area contributed by atoms with Crippen LogP contribution in [0.3, 0.4) is 0 Å². The first-order valence-electron chi connectivity index (χ1n) is 8.80. The first-order valence-corrected chi connectivity index (χ1v) is 8.80. The van der Waals surface area contributed by atoms with Crippen LogP contribution < -0.4 is 11.1 Å². The minimum absolute atomic E-state index is 0.240. The third kappa shape index (κ3) is 4.19. The number of piperidine rings is 1. The lowest BCUT2D eigenvalue weighted by atomic mass is 9.78. The molecule has 3 atom stereocenters. The van der Waals surface area contributed by atoms with Crippen molar-refractivity contribution in [2.45, 2.75) is 76.3 Å². The summed E-state index contributed by atoms with van der Waals surface area (Å²) in [5, 5.41) is 3.07. The molecular weight excluding hydrogens is 262 g/mol. The minimum atomic E-state index is -0.546. The second-order valence-corrected chi connectivity index (χ2v) is 7.19. The molecule has 21 heavy (non-hydrogen) atoms. The number of amides is 1. The monoisotopic (exact) mass is 295 g/mol. The molecule has 1 saturated carbocycles. The number of fused-ring (bicyclic) bond motifs is 1. The quantitative estimate of drug-likeness (QED) is 0.708. The predicted octanol–water partition coefficient (Wildman–Crippen LogP) is 2.27. The van der Waals surface area contributed by atoms with Crippen molar-refractivity contribution >= 4 is 5.91 Å². The SMILES string of the molecule is CNC(C)(CCCCN1CCC[C@H]2CCCC[C@H]21)C(N)=O. The number of likely N-dealkylation sites (tertiary alicyclic amines) is 1. The molecule has 0 bridgehead atoms. The Kier molecular flexibility index (Phi) is 6.06. The number of nitrogens with zero attached hydrogens (tertiary/aromatic N) is 1. The van der Waals surface area contributed by atoms with Crippen LogP contribution in [0.25, 0.3) is 0 Å². The lowest BCUT2D eigenvalue weighted by Crippen LogP contribution is -2.51. The van der Waals surface area contributed by atoms with Crippen molar-refractivity contribution in [3.8, 4) is 0 Å². The van der Waals surface area contributed by atoms with E-state index in [0.29, 0.717) is 0 Å². The molecule has 0 aromatic rings. The zero-order valence-corrected chi connectivity index (χ0v) is 13.9. The van der Waals surface area contributed by atoms with Gasteiger partial charge in [0.2, 0.25) is 5.91 Å². The molecule has 0 spiro atoms. The van der Waals surface area contributed by atoms with Crippen LogP contribution in [0.5, 0.6) is 0 Å². The van der Waals surface area contributed by atoms with E-state index >= 15 is 0 Å². The highest BCUT2D eigenvalue weighted by Gasteiger charge is 2.33. The summed E-state index contributed by atoms with van der Waals surface area (Å²) in [5.41, 5.74) is 4.94. The van der Waals surface area contributed by atoms with Crippen LogP contribution in [0.4, 0.5) is 0 Å². The van der Waals surface area contributed by atoms with Gasteiger partial charge in [0.05, 0.1) is 5.54 Å². The highest BCUT2D eigenvalue weighted by Crippen LogP contribution is 2.35.